The zero-order valence-corrected chi connectivity index (χ0v) is 15.0. The van der Waals surface area contributed by atoms with E-state index in [0.717, 1.165) is 0 Å². The van der Waals surface area contributed by atoms with Crippen molar-refractivity contribution in [1.29, 1.82) is 0 Å². The van der Waals surface area contributed by atoms with Crippen molar-refractivity contribution in [2.45, 2.75) is 26.2 Å². The molecular weight excluding hydrogens is 353 g/mol. The Morgan fingerprint density at radius 2 is 1.18 bits per heavy atom. The van der Waals surface area contributed by atoms with Crippen molar-refractivity contribution in [2.24, 2.45) is 0 Å². The summed E-state index contributed by atoms with van der Waals surface area (Å²) in [5, 5.41) is 0. The Morgan fingerprint density at radius 3 is 1.29 bits per heavy atom. The van der Waals surface area contributed by atoms with Crippen LogP contribution in [0.5, 0.6) is 0 Å². The van der Waals surface area contributed by atoms with Gasteiger partial charge in [-0.2, -0.15) is 17.7 Å². The normalized spacial score (nSPS) is 9.35. The molecule has 1 aromatic heterocycles. The predicted molar refractivity (Wildman–Crippen MR) is 73.5 cm³/mol. The minimum Gasteiger partial charge on any atom is -0.0972 e. The van der Waals surface area contributed by atoms with Gasteiger partial charge >= 0.3 is 22.6 Å². The predicted octanol–water partition coefficient (Wildman–Crippen LogP) is 4.41. The van der Waals surface area contributed by atoms with Gasteiger partial charge in [-0.15, -0.1) is 0 Å². The van der Waals surface area contributed by atoms with Crippen LogP contribution in [0.3, 0.4) is 0 Å². The van der Waals surface area contributed by atoms with Gasteiger partial charge in [0.2, 0.25) is 0 Å². The van der Waals surface area contributed by atoms with Crippen LogP contribution in [0.4, 0.5) is 0 Å². The largest absolute Gasteiger partial charge is 0.0972 e. The van der Waals surface area contributed by atoms with Crippen LogP contribution in [0.15, 0.2) is 24.3 Å². The summed E-state index contributed by atoms with van der Waals surface area (Å²) in [6, 6.07) is 8.50. The molecule has 0 fully saturated rings. The maximum Gasteiger partial charge on any atom is 0 e. The zero-order valence-electron chi connectivity index (χ0n) is 10.0. The van der Waals surface area contributed by atoms with Crippen LogP contribution in [-0.2, 0) is 35.8 Å². The second-order valence-electron chi connectivity index (χ2n) is 3.80. The smallest absolute Gasteiger partial charge is 0 e. The molecule has 0 unspecified atom stereocenters. The number of hydrogen-bond donors (Lipinski definition) is 0. The molecule has 0 aliphatic carbocycles. The Kier molecular flexibility index (Phi) is 19.2. The second-order valence-corrected chi connectivity index (χ2v) is 13.5. The molecule has 0 saturated heterocycles. The maximum atomic E-state index is 7.50. The molecule has 0 aliphatic heterocycles. The minimum absolute atomic E-state index is 0. The van der Waals surface area contributed by atoms with E-state index in [4.69, 9.17) is 9.30 Å². The molecule has 0 atom stereocenters. The van der Waals surface area contributed by atoms with Crippen molar-refractivity contribution in [3.8, 4) is 0 Å². The fourth-order valence-corrected chi connectivity index (χ4v) is 0.874. The molecule has 1 heterocycles. The van der Waals surface area contributed by atoms with E-state index >= 15 is 0 Å². The van der Waals surface area contributed by atoms with E-state index < -0.39 is 0 Å². The third kappa shape index (κ3) is 16.4. The number of hydrogen-bond acceptors (Lipinski definition) is 0. The third-order valence-electron chi connectivity index (χ3n) is 1.65. The van der Waals surface area contributed by atoms with Crippen LogP contribution in [-0.4, -0.2) is 0 Å². The first-order chi connectivity index (χ1) is 7.61. The van der Waals surface area contributed by atoms with Gasteiger partial charge in [0.25, 0.3) is 0 Å². The molecule has 2 nitrogen and oxygen atoms in total. The van der Waals surface area contributed by atoms with Crippen molar-refractivity contribution in [1.82, 2.24) is 0 Å². The van der Waals surface area contributed by atoms with Crippen molar-refractivity contribution < 1.29 is 30.4 Å². The van der Waals surface area contributed by atoms with Gasteiger partial charge in [0, 0.05) is 21.1 Å². The van der Waals surface area contributed by atoms with Crippen LogP contribution < -0.4 is 0 Å². The Balaban J connectivity index is -0.000000206. The van der Waals surface area contributed by atoms with Crippen LogP contribution in [0, 0.1) is 13.3 Å². The van der Waals surface area contributed by atoms with Gasteiger partial charge < -0.3 is 0 Å². The molecule has 2 rings (SSSR count). The molecule has 2 aromatic rings. The average molecular weight is 369 g/mol. The fourth-order valence-electron chi connectivity index (χ4n) is 0.874. The summed E-state index contributed by atoms with van der Waals surface area (Å²) in [6.45, 7) is 15.7. The molecule has 0 bridgehead atoms. The van der Waals surface area contributed by atoms with Crippen molar-refractivity contribution in [3.05, 3.63) is 43.1 Å². The molecule has 17 heavy (non-hydrogen) atoms. The fraction of sp³-hybridized carbons (Fsp3) is 0.364. The van der Waals surface area contributed by atoms with E-state index in [1.165, 1.54) is 28.2 Å². The summed E-state index contributed by atoms with van der Waals surface area (Å²) in [5.74, 6) is 0. The summed E-state index contributed by atoms with van der Waals surface area (Å²) >= 11 is 0. The number of rotatable bonds is 0. The molecule has 0 saturated carbocycles. The standard InChI is InChI=1S/C9H13.2CO.Mo.H3P3/c1-9(2,3)8-6-4-5-7-8;2*1-2;;1-2-3-1/h4-7H,1-3H3;;;;1-3H/q-1;;;;. The van der Waals surface area contributed by atoms with Gasteiger partial charge in [-0.05, 0) is 0 Å². The van der Waals surface area contributed by atoms with E-state index in [1.807, 2.05) is 0 Å². The van der Waals surface area contributed by atoms with Crippen LogP contribution in [0.25, 0.3) is 0 Å². The van der Waals surface area contributed by atoms with Gasteiger partial charge in [-0.3, -0.25) is 0 Å². The molecule has 0 amide bonds. The Hall–Kier alpha value is 0.418. The quantitative estimate of drug-likeness (QED) is 0.375. The van der Waals surface area contributed by atoms with E-state index in [0.29, 0.717) is 5.41 Å². The summed E-state index contributed by atoms with van der Waals surface area (Å²) in [4.78, 5) is 0. The summed E-state index contributed by atoms with van der Waals surface area (Å²) < 4.78 is 15.0. The van der Waals surface area contributed by atoms with Crippen molar-refractivity contribution in [2.75, 3.05) is 0 Å². The van der Waals surface area contributed by atoms with Crippen molar-refractivity contribution >= 4 is 22.6 Å². The van der Waals surface area contributed by atoms with E-state index in [9.17, 15) is 0 Å². The van der Waals surface area contributed by atoms with Gasteiger partial charge in [0.1, 0.15) is 0 Å². The van der Waals surface area contributed by atoms with Crippen LogP contribution in [0.2, 0.25) is 0 Å². The molecular formula is C11H16MoO2P3-. The van der Waals surface area contributed by atoms with E-state index in [2.05, 4.69) is 58.3 Å². The Labute approximate surface area is 122 Å². The van der Waals surface area contributed by atoms with Crippen LogP contribution in [0.1, 0.15) is 26.3 Å². The molecule has 94 valence electrons. The van der Waals surface area contributed by atoms with E-state index in [1.54, 1.807) is 0 Å². The molecule has 0 spiro atoms. The minimum atomic E-state index is 0. The Bertz CT molecular complexity index is 327. The van der Waals surface area contributed by atoms with E-state index in [-0.39, 0.29) is 21.1 Å². The first kappa shape index (κ1) is 22.6. The monoisotopic (exact) mass is 371 g/mol. The molecule has 0 radical (unpaired) electrons. The first-order valence-electron chi connectivity index (χ1n) is 4.49. The van der Waals surface area contributed by atoms with Crippen LogP contribution >= 0.6 is 22.6 Å². The first-order valence-corrected chi connectivity index (χ1v) is 10.5. The SMILES string of the molecule is CC(C)(C)[c-]1cccc1.[C-]#[O+].[C-]#[O+].[Mo].[pH]1[pH][pH]1. The van der Waals surface area contributed by atoms with Gasteiger partial charge in [-0.1, -0.05) is 48.8 Å². The average Bonchev–Trinajstić information content (AvgIpc) is 3.06. The Morgan fingerprint density at radius 1 is 0.882 bits per heavy atom. The van der Waals surface area contributed by atoms with Crippen molar-refractivity contribution in [3.63, 3.8) is 0 Å². The zero-order chi connectivity index (χ0) is 13.0. The van der Waals surface area contributed by atoms with Gasteiger partial charge in [-0.25, -0.2) is 12.1 Å². The summed E-state index contributed by atoms with van der Waals surface area (Å²) in [5.41, 5.74) is 1.74. The second kappa shape index (κ2) is 14.5. The molecule has 0 aliphatic rings. The molecule has 6 heteroatoms. The third-order valence-corrected chi connectivity index (χ3v) is 4.90. The maximum absolute atomic E-state index is 7.50. The topological polar surface area (TPSA) is 39.8 Å². The summed E-state index contributed by atoms with van der Waals surface area (Å²) in [7, 11) is 4.17. The summed E-state index contributed by atoms with van der Waals surface area (Å²) in [6.07, 6.45) is 0. The van der Waals surface area contributed by atoms with Gasteiger partial charge in [0.05, 0.1) is 0 Å². The molecule has 0 N–H and O–H groups in total. The van der Waals surface area contributed by atoms with Gasteiger partial charge in [0.15, 0.2) is 0 Å². The molecule has 1 aromatic carbocycles.